The summed E-state index contributed by atoms with van der Waals surface area (Å²) >= 11 is 7.28. The largest absolute Gasteiger partial charge is 0.299 e. The van der Waals surface area contributed by atoms with Gasteiger partial charge in [0, 0.05) is 19.1 Å². The van der Waals surface area contributed by atoms with Crippen molar-refractivity contribution in [1.82, 2.24) is 9.80 Å². The van der Waals surface area contributed by atoms with Gasteiger partial charge >= 0.3 is 0 Å². The predicted octanol–water partition coefficient (Wildman–Crippen LogP) is 3.14. The minimum absolute atomic E-state index is 0.209. The molecule has 3 heterocycles. The van der Waals surface area contributed by atoms with E-state index in [-0.39, 0.29) is 5.78 Å². The lowest BCUT2D eigenvalue weighted by atomic mass is 10.1. The van der Waals surface area contributed by atoms with Crippen LogP contribution in [0.15, 0.2) is 12.1 Å². The SMILES string of the molecule is O=C(CN1CCC(N2CCCCC2)C1)c1ccc(Cl)s1. The summed E-state index contributed by atoms with van der Waals surface area (Å²) in [5, 5.41) is 0. The third-order valence-corrected chi connectivity index (χ3v) is 5.64. The molecule has 2 aliphatic heterocycles. The summed E-state index contributed by atoms with van der Waals surface area (Å²) in [6.45, 7) is 5.12. The third-order valence-electron chi connectivity index (χ3n) is 4.37. The topological polar surface area (TPSA) is 23.6 Å². The molecule has 1 atom stereocenters. The first kappa shape index (κ1) is 14.5. The zero-order valence-corrected chi connectivity index (χ0v) is 13.3. The highest BCUT2D eigenvalue weighted by molar-refractivity contribution is 7.18. The summed E-state index contributed by atoms with van der Waals surface area (Å²) in [4.78, 5) is 17.9. The Bertz CT molecular complexity index is 470. The van der Waals surface area contributed by atoms with Crippen molar-refractivity contribution >= 4 is 28.7 Å². The first-order chi connectivity index (χ1) is 9.72. The summed E-state index contributed by atoms with van der Waals surface area (Å²) in [6.07, 6.45) is 5.26. The summed E-state index contributed by atoms with van der Waals surface area (Å²) in [5.74, 6) is 0.209. The highest BCUT2D eigenvalue weighted by Crippen LogP contribution is 2.24. The van der Waals surface area contributed by atoms with Gasteiger partial charge in [0.05, 0.1) is 15.8 Å². The maximum absolute atomic E-state index is 12.2. The Hall–Kier alpha value is -0.420. The zero-order chi connectivity index (χ0) is 13.9. The van der Waals surface area contributed by atoms with Gasteiger partial charge in [0.1, 0.15) is 0 Å². The number of ketones is 1. The number of Topliss-reactive ketones (excluding diaryl/α,β-unsaturated/α-hetero) is 1. The smallest absolute Gasteiger partial charge is 0.186 e. The molecule has 1 aromatic rings. The van der Waals surface area contributed by atoms with Crippen molar-refractivity contribution in [3.05, 3.63) is 21.3 Å². The Morgan fingerprint density at radius 1 is 1.25 bits per heavy atom. The molecule has 0 aromatic carbocycles. The number of likely N-dealkylation sites (tertiary alicyclic amines) is 2. The maximum Gasteiger partial charge on any atom is 0.186 e. The van der Waals surface area contributed by atoms with Crippen molar-refractivity contribution in [2.45, 2.75) is 31.7 Å². The minimum atomic E-state index is 0.209. The van der Waals surface area contributed by atoms with Gasteiger partial charge in [-0.3, -0.25) is 14.6 Å². The van der Waals surface area contributed by atoms with Crippen LogP contribution in [0, 0.1) is 0 Å². The monoisotopic (exact) mass is 312 g/mol. The normalized spacial score (nSPS) is 25.1. The highest BCUT2D eigenvalue weighted by atomic mass is 35.5. The van der Waals surface area contributed by atoms with Crippen LogP contribution in [0.4, 0.5) is 0 Å². The standard InChI is InChI=1S/C15H21ClN2OS/c16-15-5-4-14(20-15)13(19)11-17-9-6-12(10-17)18-7-2-1-3-8-18/h4-5,12H,1-3,6-11H2. The molecule has 0 spiro atoms. The molecular formula is C15H21ClN2OS. The van der Waals surface area contributed by atoms with Crippen LogP contribution in [-0.2, 0) is 0 Å². The van der Waals surface area contributed by atoms with Crippen LogP contribution in [0.3, 0.4) is 0 Å². The van der Waals surface area contributed by atoms with Crippen molar-refractivity contribution in [2.24, 2.45) is 0 Å². The molecule has 5 heteroatoms. The van der Waals surface area contributed by atoms with Crippen molar-refractivity contribution in [3.63, 3.8) is 0 Å². The molecule has 0 radical (unpaired) electrons. The second-order valence-electron chi connectivity index (χ2n) is 5.80. The van der Waals surface area contributed by atoms with Crippen molar-refractivity contribution < 1.29 is 4.79 Å². The van der Waals surface area contributed by atoms with Gasteiger partial charge in [0.15, 0.2) is 5.78 Å². The van der Waals surface area contributed by atoms with E-state index in [4.69, 9.17) is 11.6 Å². The molecule has 2 saturated heterocycles. The molecule has 1 aromatic heterocycles. The molecule has 3 rings (SSSR count). The van der Waals surface area contributed by atoms with E-state index in [9.17, 15) is 4.79 Å². The van der Waals surface area contributed by atoms with E-state index < -0.39 is 0 Å². The van der Waals surface area contributed by atoms with Gasteiger partial charge in [0.2, 0.25) is 0 Å². The van der Waals surface area contributed by atoms with E-state index >= 15 is 0 Å². The molecule has 0 saturated carbocycles. The Balaban J connectivity index is 1.51. The van der Waals surface area contributed by atoms with Crippen LogP contribution in [0.5, 0.6) is 0 Å². The average molecular weight is 313 g/mol. The fourth-order valence-corrected chi connectivity index (χ4v) is 4.26. The first-order valence-corrected chi connectivity index (χ1v) is 8.67. The highest BCUT2D eigenvalue weighted by Gasteiger charge is 2.29. The number of halogens is 1. The molecule has 0 N–H and O–H groups in total. The summed E-state index contributed by atoms with van der Waals surface area (Å²) < 4.78 is 0.695. The van der Waals surface area contributed by atoms with Gasteiger partial charge in [-0.15, -0.1) is 11.3 Å². The molecule has 0 bridgehead atoms. The van der Waals surface area contributed by atoms with Crippen LogP contribution in [0.2, 0.25) is 4.34 Å². The van der Waals surface area contributed by atoms with E-state index in [1.54, 1.807) is 6.07 Å². The molecule has 20 heavy (non-hydrogen) atoms. The first-order valence-electron chi connectivity index (χ1n) is 7.47. The van der Waals surface area contributed by atoms with Crippen LogP contribution in [0.25, 0.3) is 0 Å². The zero-order valence-electron chi connectivity index (χ0n) is 11.7. The molecular weight excluding hydrogens is 292 g/mol. The van der Waals surface area contributed by atoms with Gasteiger partial charge in [-0.1, -0.05) is 18.0 Å². The van der Waals surface area contributed by atoms with Crippen molar-refractivity contribution in [2.75, 3.05) is 32.7 Å². The van der Waals surface area contributed by atoms with E-state index in [1.807, 2.05) is 6.07 Å². The Morgan fingerprint density at radius 3 is 2.75 bits per heavy atom. The van der Waals surface area contributed by atoms with Crippen molar-refractivity contribution in [3.8, 4) is 0 Å². The fraction of sp³-hybridized carbons (Fsp3) is 0.667. The van der Waals surface area contributed by atoms with E-state index in [2.05, 4.69) is 9.80 Å². The lowest BCUT2D eigenvalue weighted by molar-refractivity contribution is 0.0940. The molecule has 0 amide bonds. The molecule has 0 aliphatic carbocycles. The minimum Gasteiger partial charge on any atom is -0.299 e. The Morgan fingerprint density at radius 2 is 2.05 bits per heavy atom. The number of carbonyl (C=O) groups is 1. The quantitative estimate of drug-likeness (QED) is 0.798. The second kappa shape index (κ2) is 6.56. The van der Waals surface area contributed by atoms with Crippen LogP contribution < -0.4 is 0 Å². The van der Waals surface area contributed by atoms with Gasteiger partial charge < -0.3 is 0 Å². The van der Waals surface area contributed by atoms with Gasteiger partial charge in [-0.05, 0) is 44.5 Å². The molecule has 3 nitrogen and oxygen atoms in total. The average Bonchev–Trinajstić information content (AvgIpc) is 3.09. The third kappa shape index (κ3) is 3.42. The molecule has 110 valence electrons. The lowest BCUT2D eigenvalue weighted by Crippen LogP contribution is -2.41. The lowest BCUT2D eigenvalue weighted by Gasteiger charge is -2.32. The van der Waals surface area contributed by atoms with Crippen LogP contribution in [0.1, 0.15) is 35.4 Å². The number of nitrogens with zero attached hydrogens (tertiary/aromatic N) is 2. The molecule has 1 unspecified atom stereocenters. The van der Waals surface area contributed by atoms with E-state index in [1.165, 1.54) is 50.1 Å². The number of piperidine rings is 1. The molecule has 2 fully saturated rings. The summed E-state index contributed by atoms with van der Waals surface area (Å²) in [6, 6.07) is 4.31. The van der Waals surface area contributed by atoms with E-state index in [0.717, 1.165) is 18.0 Å². The number of carbonyl (C=O) groups excluding carboxylic acids is 1. The number of thiophene rings is 1. The van der Waals surface area contributed by atoms with Gasteiger partial charge in [0.25, 0.3) is 0 Å². The van der Waals surface area contributed by atoms with E-state index in [0.29, 0.717) is 16.9 Å². The van der Waals surface area contributed by atoms with Crippen LogP contribution >= 0.6 is 22.9 Å². The summed E-state index contributed by atoms with van der Waals surface area (Å²) in [5.41, 5.74) is 0. The Labute approximate surface area is 129 Å². The Kier molecular flexibility index (Phi) is 4.76. The number of hydrogen-bond donors (Lipinski definition) is 0. The maximum atomic E-state index is 12.2. The fourth-order valence-electron chi connectivity index (χ4n) is 3.28. The van der Waals surface area contributed by atoms with Crippen LogP contribution in [-0.4, -0.2) is 54.3 Å². The van der Waals surface area contributed by atoms with Crippen molar-refractivity contribution in [1.29, 1.82) is 0 Å². The molecule has 2 aliphatic rings. The summed E-state index contributed by atoms with van der Waals surface area (Å²) in [7, 11) is 0. The van der Waals surface area contributed by atoms with Gasteiger partial charge in [-0.2, -0.15) is 0 Å². The number of hydrogen-bond acceptors (Lipinski definition) is 4. The van der Waals surface area contributed by atoms with Gasteiger partial charge in [-0.25, -0.2) is 0 Å². The number of rotatable bonds is 4. The second-order valence-corrected chi connectivity index (χ2v) is 7.52. The predicted molar refractivity (Wildman–Crippen MR) is 83.9 cm³/mol.